The number of hydrogen-bond acceptors (Lipinski definition) is 4. The molecule has 3 aromatic rings. The van der Waals surface area contributed by atoms with Crippen LogP contribution >= 0.6 is 0 Å². The molecule has 5 atom stereocenters. The van der Waals surface area contributed by atoms with E-state index in [1.807, 2.05) is 29.2 Å². The van der Waals surface area contributed by atoms with Crippen LogP contribution in [0, 0.1) is 0 Å². The molecule has 3 aromatic carbocycles. The summed E-state index contributed by atoms with van der Waals surface area (Å²) in [6, 6.07) is 23.5. The third-order valence-electron chi connectivity index (χ3n) is 8.73. The number of amides is 2. The van der Waals surface area contributed by atoms with Crippen LogP contribution in [0.1, 0.15) is 53.9 Å². The molecule has 0 aromatic heterocycles. The summed E-state index contributed by atoms with van der Waals surface area (Å²) in [5.41, 5.74) is 8.07. The van der Waals surface area contributed by atoms with Crippen molar-refractivity contribution in [1.29, 1.82) is 0 Å². The highest BCUT2D eigenvalue weighted by Crippen LogP contribution is 2.35. The average molecular weight is 593 g/mol. The molecule has 2 fully saturated rings. The van der Waals surface area contributed by atoms with Gasteiger partial charge in [0.15, 0.2) is 0 Å². The SMILES string of the molecule is CC(N)C(=O)N[C@@H](Cc1ccc(C(F)(F)F)cc1)C(=O)N1C[C@@H](c2ccccc2)C[C@H]1CN1CC[C@@H](c2ccccc2)C1. The number of carbonyl (C=O) groups is 2. The Hall–Kier alpha value is -3.69. The first-order valence-corrected chi connectivity index (χ1v) is 14.9. The van der Waals surface area contributed by atoms with Crippen LogP contribution in [0.2, 0.25) is 0 Å². The van der Waals surface area contributed by atoms with Crippen LogP contribution in [0.15, 0.2) is 84.9 Å². The molecule has 2 aliphatic rings. The number of halogens is 3. The van der Waals surface area contributed by atoms with E-state index in [9.17, 15) is 22.8 Å². The van der Waals surface area contributed by atoms with E-state index in [1.54, 1.807) is 0 Å². The molecule has 2 aliphatic heterocycles. The number of alkyl halides is 3. The molecule has 1 unspecified atom stereocenters. The van der Waals surface area contributed by atoms with E-state index < -0.39 is 29.7 Å². The minimum absolute atomic E-state index is 0.0639. The Bertz CT molecular complexity index is 1370. The maximum absolute atomic E-state index is 14.3. The molecule has 2 saturated heterocycles. The summed E-state index contributed by atoms with van der Waals surface area (Å²) in [5, 5.41) is 2.79. The number of carbonyl (C=O) groups excluding carboxylic acids is 2. The summed E-state index contributed by atoms with van der Waals surface area (Å²) in [6.07, 6.45) is -2.56. The van der Waals surface area contributed by atoms with Crippen LogP contribution < -0.4 is 11.1 Å². The maximum atomic E-state index is 14.3. The number of rotatable bonds is 9. The molecule has 43 heavy (non-hydrogen) atoms. The normalized spacial score (nSPS) is 22.3. The molecular weight excluding hydrogens is 553 g/mol. The Morgan fingerprint density at radius 2 is 1.51 bits per heavy atom. The second-order valence-electron chi connectivity index (χ2n) is 11.9. The van der Waals surface area contributed by atoms with Crippen molar-refractivity contribution >= 4 is 11.8 Å². The molecule has 0 aliphatic carbocycles. The molecule has 0 bridgehead atoms. The molecule has 6 nitrogen and oxygen atoms in total. The standard InChI is InChI=1S/C34H39F3N4O2/c1-23(38)32(42)39-31(18-24-12-14-29(15-13-24)34(35,36)37)33(43)41-21-28(26-10-6-3-7-11-26)19-30(41)22-40-17-16-27(20-40)25-8-4-2-5-9-25/h2-15,23,27-28,30-31H,16-22,38H2,1H3,(H,39,42)/t23?,27-,28+,30+,31+/m1/s1. The van der Waals surface area contributed by atoms with Crippen LogP contribution in [0.5, 0.6) is 0 Å². The molecule has 228 valence electrons. The second-order valence-corrected chi connectivity index (χ2v) is 11.9. The van der Waals surface area contributed by atoms with Crippen molar-refractivity contribution in [1.82, 2.24) is 15.1 Å². The molecule has 0 radical (unpaired) electrons. The first-order chi connectivity index (χ1) is 20.6. The van der Waals surface area contributed by atoms with Gasteiger partial charge in [-0.3, -0.25) is 9.59 Å². The van der Waals surface area contributed by atoms with Crippen molar-refractivity contribution in [2.24, 2.45) is 5.73 Å². The van der Waals surface area contributed by atoms with Crippen molar-refractivity contribution in [3.8, 4) is 0 Å². The van der Waals surface area contributed by atoms with Crippen LogP contribution in [-0.2, 0) is 22.2 Å². The van der Waals surface area contributed by atoms with Gasteiger partial charge in [0.25, 0.3) is 0 Å². The first-order valence-electron chi connectivity index (χ1n) is 14.9. The number of nitrogens with two attached hydrogens (primary N) is 1. The van der Waals surface area contributed by atoms with Gasteiger partial charge in [0.2, 0.25) is 11.8 Å². The topological polar surface area (TPSA) is 78.7 Å². The largest absolute Gasteiger partial charge is 0.416 e. The van der Waals surface area contributed by atoms with Crippen molar-refractivity contribution < 1.29 is 22.8 Å². The van der Waals surface area contributed by atoms with E-state index in [4.69, 9.17) is 5.73 Å². The fraction of sp³-hybridized carbons (Fsp3) is 0.412. The van der Waals surface area contributed by atoms with Gasteiger partial charge < -0.3 is 20.9 Å². The van der Waals surface area contributed by atoms with Crippen molar-refractivity contribution in [3.05, 3.63) is 107 Å². The zero-order chi connectivity index (χ0) is 30.6. The lowest BCUT2D eigenvalue weighted by molar-refractivity contribution is -0.138. The summed E-state index contributed by atoms with van der Waals surface area (Å²) in [7, 11) is 0. The van der Waals surface area contributed by atoms with Gasteiger partial charge in [-0.05, 0) is 61.1 Å². The van der Waals surface area contributed by atoms with Crippen LogP contribution in [-0.4, -0.2) is 65.9 Å². The summed E-state index contributed by atoms with van der Waals surface area (Å²) in [5.74, 6) is -0.144. The minimum atomic E-state index is -4.46. The van der Waals surface area contributed by atoms with Crippen molar-refractivity contribution in [2.75, 3.05) is 26.2 Å². The summed E-state index contributed by atoms with van der Waals surface area (Å²) in [4.78, 5) is 31.3. The Kier molecular flexibility index (Phi) is 9.52. The quantitative estimate of drug-likeness (QED) is 0.369. The maximum Gasteiger partial charge on any atom is 0.416 e. The van der Waals surface area contributed by atoms with Crippen molar-refractivity contribution in [2.45, 2.75) is 62.3 Å². The summed E-state index contributed by atoms with van der Waals surface area (Å²) >= 11 is 0. The highest BCUT2D eigenvalue weighted by Gasteiger charge is 2.41. The molecule has 0 saturated carbocycles. The first kappa shape index (κ1) is 30.8. The average Bonchev–Trinajstić information content (AvgIpc) is 3.65. The smallest absolute Gasteiger partial charge is 0.343 e. The van der Waals surface area contributed by atoms with Crippen LogP contribution in [0.4, 0.5) is 13.2 Å². The molecule has 3 N–H and O–H groups in total. The van der Waals surface area contributed by atoms with E-state index >= 15 is 0 Å². The second kappa shape index (κ2) is 13.3. The van der Waals surface area contributed by atoms with E-state index in [0.717, 1.165) is 43.6 Å². The Labute approximate surface area is 251 Å². The third-order valence-corrected chi connectivity index (χ3v) is 8.73. The van der Waals surface area contributed by atoms with Gasteiger partial charge in [0, 0.05) is 38.0 Å². The minimum Gasteiger partial charge on any atom is -0.343 e. The number of benzene rings is 3. The predicted octanol–water partition coefficient (Wildman–Crippen LogP) is 4.95. The highest BCUT2D eigenvalue weighted by molar-refractivity contribution is 5.90. The van der Waals surface area contributed by atoms with Gasteiger partial charge in [0.1, 0.15) is 6.04 Å². The predicted molar refractivity (Wildman–Crippen MR) is 160 cm³/mol. The zero-order valence-electron chi connectivity index (χ0n) is 24.3. The summed E-state index contributed by atoms with van der Waals surface area (Å²) < 4.78 is 39.4. The zero-order valence-corrected chi connectivity index (χ0v) is 24.3. The van der Waals surface area contributed by atoms with Crippen LogP contribution in [0.3, 0.4) is 0 Å². The fourth-order valence-electron chi connectivity index (χ4n) is 6.39. The summed E-state index contributed by atoms with van der Waals surface area (Å²) in [6.45, 7) is 4.60. The number of hydrogen-bond donors (Lipinski definition) is 2. The van der Waals surface area contributed by atoms with E-state index in [1.165, 1.54) is 24.6 Å². The van der Waals surface area contributed by atoms with Crippen molar-refractivity contribution in [3.63, 3.8) is 0 Å². The third kappa shape index (κ3) is 7.64. The molecule has 9 heteroatoms. The molecular formula is C34H39F3N4O2. The Balaban J connectivity index is 1.37. The Morgan fingerprint density at radius 1 is 0.907 bits per heavy atom. The van der Waals surface area contributed by atoms with Gasteiger partial charge in [-0.25, -0.2) is 0 Å². The van der Waals surface area contributed by atoms with E-state index in [-0.39, 0.29) is 24.3 Å². The highest BCUT2D eigenvalue weighted by atomic mass is 19.4. The number of nitrogens with one attached hydrogen (secondary N) is 1. The van der Waals surface area contributed by atoms with E-state index in [0.29, 0.717) is 24.6 Å². The van der Waals surface area contributed by atoms with Gasteiger partial charge >= 0.3 is 6.18 Å². The molecule has 2 heterocycles. The molecule has 2 amide bonds. The Morgan fingerprint density at radius 3 is 2.09 bits per heavy atom. The van der Waals surface area contributed by atoms with E-state index in [2.05, 4.69) is 46.6 Å². The lowest BCUT2D eigenvalue weighted by Gasteiger charge is -2.32. The van der Waals surface area contributed by atoms with Gasteiger partial charge in [-0.15, -0.1) is 0 Å². The van der Waals surface area contributed by atoms with Crippen LogP contribution in [0.25, 0.3) is 0 Å². The lowest BCUT2D eigenvalue weighted by Crippen LogP contribution is -2.55. The number of nitrogens with zero attached hydrogens (tertiary/aromatic N) is 2. The number of likely N-dealkylation sites (tertiary alicyclic amines) is 2. The van der Waals surface area contributed by atoms with Gasteiger partial charge in [-0.2, -0.15) is 13.2 Å². The lowest BCUT2D eigenvalue weighted by atomic mass is 9.96. The van der Waals surface area contributed by atoms with Gasteiger partial charge in [0.05, 0.1) is 11.6 Å². The van der Waals surface area contributed by atoms with Gasteiger partial charge in [-0.1, -0.05) is 72.8 Å². The monoisotopic (exact) mass is 592 g/mol. The molecule has 0 spiro atoms. The molecule has 5 rings (SSSR count). The fourth-order valence-corrected chi connectivity index (χ4v) is 6.39.